The molecular formula is C22H22BrN3O. The Kier molecular flexibility index (Phi) is 5.14. The van der Waals surface area contributed by atoms with Gasteiger partial charge in [0.05, 0.1) is 23.8 Å². The summed E-state index contributed by atoms with van der Waals surface area (Å²) in [6.45, 7) is 0.711. The van der Waals surface area contributed by atoms with Gasteiger partial charge in [0.15, 0.2) is 0 Å². The quantitative estimate of drug-likeness (QED) is 0.406. The molecule has 4 aromatic rings. The lowest BCUT2D eigenvalue weighted by Crippen LogP contribution is -2.00. The van der Waals surface area contributed by atoms with E-state index in [0.29, 0.717) is 6.54 Å². The van der Waals surface area contributed by atoms with Crippen molar-refractivity contribution in [2.75, 3.05) is 13.7 Å². The second kappa shape index (κ2) is 7.71. The first-order chi connectivity index (χ1) is 13.2. The molecule has 138 valence electrons. The summed E-state index contributed by atoms with van der Waals surface area (Å²) < 4.78 is 6.79. The average molecular weight is 424 g/mol. The van der Waals surface area contributed by atoms with Gasteiger partial charge in [-0.2, -0.15) is 0 Å². The molecule has 0 aliphatic rings. The molecule has 0 saturated carbocycles. The number of fused-ring (bicyclic) bond motifs is 2. The minimum atomic E-state index is 0.711. The maximum atomic E-state index is 5.74. The lowest BCUT2D eigenvalue weighted by molar-refractivity contribution is 0.417. The first kappa shape index (κ1) is 18.0. The summed E-state index contributed by atoms with van der Waals surface area (Å²) >= 11 is 3.69. The number of aromatic nitrogens is 2. The zero-order chi connectivity index (χ0) is 18.8. The minimum absolute atomic E-state index is 0.711. The second-order valence-corrected chi connectivity index (χ2v) is 7.45. The predicted octanol–water partition coefficient (Wildman–Crippen LogP) is 5.44. The fraction of sp³-hybridized carbons (Fsp3) is 0.227. The lowest BCUT2D eigenvalue weighted by atomic mass is 9.97. The molecule has 0 saturated heterocycles. The Hall–Kier alpha value is -2.37. The Morgan fingerprint density at radius 1 is 1.07 bits per heavy atom. The number of nitrogens with zero attached hydrogens (tertiary/aromatic N) is 1. The van der Waals surface area contributed by atoms with E-state index < -0.39 is 0 Å². The van der Waals surface area contributed by atoms with Gasteiger partial charge in [-0.15, -0.1) is 0 Å². The van der Waals surface area contributed by atoms with Crippen LogP contribution in [0, 0.1) is 0 Å². The predicted molar refractivity (Wildman–Crippen MR) is 115 cm³/mol. The van der Waals surface area contributed by atoms with E-state index in [1.54, 1.807) is 7.11 Å². The first-order valence-electron chi connectivity index (χ1n) is 9.16. The van der Waals surface area contributed by atoms with Crippen LogP contribution in [-0.2, 0) is 6.42 Å². The smallest absolute Gasteiger partial charge is 0.128 e. The van der Waals surface area contributed by atoms with E-state index in [0.717, 1.165) is 57.2 Å². The number of halogens is 1. The van der Waals surface area contributed by atoms with Gasteiger partial charge in [-0.05, 0) is 71.6 Å². The van der Waals surface area contributed by atoms with Crippen molar-refractivity contribution in [1.82, 2.24) is 9.97 Å². The van der Waals surface area contributed by atoms with Crippen molar-refractivity contribution >= 4 is 37.7 Å². The van der Waals surface area contributed by atoms with Gasteiger partial charge >= 0.3 is 0 Å². The number of ether oxygens (including phenoxy) is 1. The first-order valence-corrected chi connectivity index (χ1v) is 9.95. The highest BCUT2D eigenvalue weighted by Crippen LogP contribution is 2.41. The molecule has 4 rings (SSSR count). The Labute approximate surface area is 166 Å². The minimum Gasteiger partial charge on any atom is -0.496 e. The number of nitrogens with one attached hydrogen (secondary N) is 1. The van der Waals surface area contributed by atoms with Crippen LogP contribution in [0.5, 0.6) is 5.75 Å². The third-order valence-electron chi connectivity index (χ3n) is 4.99. The van der Waals surface area contributed by atoms with Crippen LogP contribution in [0.2, 0.25) is 0 Å². The molecule has 5 heteroatoms. The molecule has 2 aromatic carbocycles. The summed E-state index contributed by atoms with van der Waals surface area (Å²) in [6.07, 6.45) is 4.84. The molecule has 4 nitrogen and oxygen atoms in total. The van der Waals surface area contributed by atoms with Crippen molar-refractivity contribution in [1.29, 1.82) is 0 Å². The standard InChI is InChI=1S/C22H22BrN3O/c1-27-19-11-10-18-16(8-5-13-25-18)20(19)22-15(6-2-3-12-24)14-7-4-9-17(23)21(14)26-22/h4-5,7-11,13,26H,2-3,6,12,24H2,1H3. The van der Waals surface area contributed by atoms with Crippen molar-refractivity contribution < 1.29 is 4.74 Å². The molecular weight excluding hydrogens is 402 g/mol. The molecule has 0 atom stereocenters. The van der Waals surface area contributed by atoms with Crippen LogP contribution in [0.1, 0.15) is 18.4 Å². The van der Waals surface area contributed by atoms with Crippen molar-refractivity contribution in [3.63, 3.8) is 0 Å². The number of hydrogen-bond acceptors (Lipinski definition) is 3. The van der Waals surface area contributed by atoms with Gasteiger partial charge in [-0.1, -0.05) is 18.2 Å². The Morgan fingerprint density at radius 2 is 1.93 bits per heavy atom. The van der Waals surface area contributed by atoms with E-state index in [1.165, 1.54) is 10.9 Å². The Balaban J connectivity index is 2.02. The largest absolute Gasteiger partial charge is 0.496 e. The van der Waals surface area contributed by atoms with Crippen LogP contribution in [0.4, 0.5) is 0 Å². The van der Waals surface area contributed by atoms with E-state index in [4.69, 9.17) is 10.5 Å². The van der Waals surface area contributed by atoms with Crippen molar-refractivity contribution in [2.24, 2.45) is 5.73 Å². The zero-order valence-corrected chi connectivity index (χ0v) is 16.8. The third kappa shape index (κ3) is 3.22. The Morgan fingerprint density at radius 3 is 2.74 bits per heavy atom. The summed E-state index contributed by atoms with van der Waals surface area (Å²) in [4.78, 5) is 8.18. The highest BCUT2D eigenvalue weighted by atomic mass is 79.9. The molecule has 0 fully saturated rings. The lowest BCUT2D eigenvalue weighted by Gasteiger charge is -2.13. The fourth-order valence-corrected chi connectivity index (χ4v) is 4.18. The molecule has 0 amide bonds. The highest BCUT2D eigenvalue weighted by molar-refractivity contribution is 9.10. The summed E-state index contributed by atoms with van der Waals surface area (Å²) in [7, 11) is 1.72. The maximum Gasteiger partial charge on any atom is 0.128 e. The van der Waals surface area contributed by atoms with E-state index in [2.05, 4.69) is 50.2 Å². The molecule has 2 aromatic heterocycles. The number of H-pyrrole nitrogens is 1. The van der Waals surface area contributed by atoms with Gasteiger partial charge in [-0.25, -0.2) is 0 Å². The zero-order valence-electron chi connectivity index (χ0n) is 15.3. The summed E-state index contributed by atoms with van der Waals surface area (Å²) in [6, 6.07) is 14.4. The molecule has 3 N–H and O–H groups in total. The van der Waals surface area contributed by atoms with Crippen molar-refractivity contribution in [3.8, 4) is 17.0 Å². The number of rotatable bonds is 6. The number of aromatic amines is 1. The summed E-state index contributed by atoms with van der Waals surface area (Å²) in [5.41, 5.74) is 11.3. The summed E-state index contributed by atoms with van der Waals surface area (Å²) in [5.74, 6) is 0.846. The van der Waals surface area contributed by atoms with Crippen LogP contribution in [-0.4, -0.2) is 23.6 Å². The van der Waals surface area contributed by atoms with Gasteiger partial charge < -0.3 is 15.5 Å². The number of nitrogens with two attached hydrogens (primary N) is 1. The molecule has 0 spiro atoms. The van der Waals surface area contributed by atoms with Gasteiger partial charge in [0, 0.05) is 27.0 Å². The van der Waals surface area contributed by atoms with Gasteiger partial charge in [0.25, 0.3) is 0 Å². The number of aryl methyl sites for hydroxylation is 1. The number of para-hydroxylation sites is 1. The highest BCUT2D eigenvalue weighted by Gasteiger charge is 2.20. The van der Waals surface area contributed by atoms with E-state index in [1.807, 2.05) is 24.4 Å². The fourth-order valence-electron chi connectivity index (χ4n) is 3.72. The number of pyridine rings is 1. The topological polar surface area (TPSA) is 63.9 Å². The van der Waals surface area contributed by atoms with Crippen LogP contribution < -0.4 is 10.5 Å². The monoisotopic (exact) mass is 423 g/mol. The number of benzene rings is 2. The Bertz CT molecular complexity index is 1100. The number of methoxy groups -OCH3 is 1. The van der Waals surface area contributed by atoms with Gasteiger partial charge in [-0.3, -0.25) is 4.98 Å². The molecule has 2 heterocycles. The molecule has 0 aliphatic carbocycles. The van der Waals surface area contributed by atoms with Crippen LogP contribution in [0.3, 0.4) is 0 Å². The van der Waals surface area contributed by atoms with Crippen LogP contribution in [0.15, 0.2) is 53.1 Å². The van der Waals surface area contributed by atoms with Crippen molar-refractivity contribution in [2.45, 2.75) is 19.3 Å². The van der Waals surface area contributed by atoms with E-state index in [9.17, 15) is 0 Å². The molecule has 0 radical (unpaired) electrons. The van der Waals surface area contributed by atoms with Crippen LogP contribution >= 0.6 is 15.9 Å². The molecule has 27 heavy (non-hydrogen) atoms. The van der Waals surface area contributed by atoms with E-state index >= 15 is 0 Å². The normalized spacial score (nSPS) is 11.4. The molecule has 0 unspecified atom stereocenters. The maximum absolute atomic E-state index is 5.74. The van der Waals surface area contributed by atoms with E-state index in [-0.39, 0.29) is 0 Å². The SMILES string of the molecule is COc1ccc2ncccc2c1-c1[nH]c2c(Br)cccc2c1CCCCN. The number of hydrogen-bond donors (Lipinski definition) is 2. The molecule has 0 bridgehead atoms. The van der Waals surface area contributed by atoms with Crippen LogP contribution in [0.25, 0.3) is 33.1 Å². The average Bonchev–Trinajstić information content (AvgIpc) is 3.07. The van der Waals surface area contributed by atoms with Gasteiger partial charge in [0.1, 0.15) is 5.75 Å². The number of unbranched alkanes of at least 4 members (excludes halogenated alkanes) is 1. The van der Waals surface area contributed by atoms with Gasteiger partial charge in [0.2, 0.25) is 0 Å². The second-order valence-electron chi connectivity index (χ2n) is 6.60. The van der Waals surface area contributed by atoms with Crippen molar-refractivity contribution in [3.05, 3.63) is 58.7 Å². The molecule has 0 aliphatic heterocycles. The summed E-state index contributed by atoms with van der Waals surface area (Å²) in [5, 5.41) is 2.32. The third-order valence-corrected chi connectivity index (χ3v) is 5.65.